The van der Waals surface area contributed by atoms with Gasteiger partial charge in [0, 0.05) is 5.56 Å². The first kappa shape index (κ1) is 10.2. The van der Waals surface area contributed by atoms with Crippen molar-refractivity contribution in [3.05, 3.63) is 35.9 Å². The SMILES string of the molecule is CCOC(=O)C1(Cl)N=C1c1ccccc1. The molecule has 1 aliphatic heterocycles. The first-order valence-electron chi connectivity index (χ1n) is 4.70. The number of aliphatic imine (C=N–C) groups is 1. The van der Waals surface area contributed by atoms with E-state index in [2.05, 4.69) is 4.99 Å². The molecular weight excluding hydrogens is 214 g/mol. The number of carbonyl (C=O) groups is 1. The lowest BCUT2D eigenvalue weighted by Gasteiger charge is -2.05. The van der Waals surface area contributed by atoms with E-state index in [0.717, 1.165) is 5.56 Å². The molecule has 0 N–H and O–H groups in total. The van der Waals surface area contributed by atoms with Crippen LogP contribution in [0.15, 0.2) is 35.3 Å². The van der Waals surface area contributed by atoms with E-state index in [4.69, 9.17) is 16.3 Å². The fraction of sp³-hybridized carbons (Fsp3) is 0.273. The summed E-state index contributed by atoms with van der Waals surface area (Å²) in [5.41, 5.74) is 1.45. The van der Waals surface area contributed by atoms with Gasteiger partial charge in [0.1, 0.15) is 0 Å². The molecule has 0 radical (unpaired) electrons. The maximum absolute atomic E-state index is 11.4. The Hall–Kier alpha value is -1.35. The van der Waals surface area contributed by atoms with E-state index in [9.17, 15) is 4.79 Å². The Kier molecular flexibility index (Phi) is 2.49. The first-order chi connectivity index (χ1) is 7.18. The molecule has 78 valence electrons. The standard InChI is InChI=1S/C11H10ClNO2/c1-2-15-10(14)11(12)9(13-11)8-6-4-3-5-7-8/h3-7H,2H2,1H3. The van der Waals surface area contributed by atoms with Crippen molar-refractivity contribution >= 4 is 23.3 Å². The molecule has 2 rings (SSSR count). The molecule has 0 saturated carbocycles. The van der Waals surface area contributed by atoms with E-state index >= 15 is 0 Å². The van der Waals surface area contributed by atoms with Crippen LogP contribution in [-0.4, -0.2) is 23.3 Å². The normalized spacial score (nSPS) is 23.2. The molecule has 3 nitrogen and oxygen atoms in total. The van der Waals surface area contributed by atoms with Gasteiger partial charge in [0.15, 0.2) is 0 Å². The van der Waals surface area contributed by atoms with Crippen LogP contribution < -0.4 is 0 Å². The summed E-state index contributed by atoms with van der Waals surface area (Å²) in [5, 5.41) is 0. The Balaban J connectivity index is 2.12. The molecule has 1 unspecified atom stereocenters. The summed E-state index contributed by atoms with van der Waals surface area (Å²) < 4.78 is 4.84. The molecule has 0 aromatic heterocycles. The predicted molar refractivity (Wildman–Crippen MR) is 58.2 cm³/mol. The van der Waals surface area contributed by atoms with E-state index in [1.165, 1.54) is 0 Å². The molecule has 4 heteroatoms. The number of hydrogen-bond acceptors (Lipinski definition) is 3. The fourth-order valence-electron chi connectivity index (χ4n) is 1.35. The highest BCUT2D eigenvalue weighted by atomic mass is 35.5. The number of alkyl halides is 1. The van der Waals surface area contributed by atoms with Gasteiger partial charge in [-0.2, -0.15) is 0 Å². The highest BCUT2D eigenvalue weighted by Crippen LogP contribution is 2.37. The summed E-state index contributed by atoms with van der Waals surface area (Å²) >= 11 is 6.00. The minimum Gasteiger partial charge on any atom is -0.463 e. The van der Waals surface area contributed by atoms with Crippen LogP contribution in [0.25, 0.3) is 0 Å². The number of hydrogen-bond donors (Lipinski definition) is 0. The summed E-state index contributed by atoms with van der Waals surface area (Å²) in [6, 6.07) is 9.37. The van der Waals surface area contributed by atoms with Crippen LogP contribution in [0, 0.1) is 0 Å². The molecule has 1 atom stereocenters. The number of benzene rings is 1. The van der Waals surface area contributed by atoms with Crippen molar-refractivity contribution in [3.63, 3.8) is 0 Å². The van der Waals surface area contributed by atoms with Gasteiger partial charge in [0.25, 0.3) is 5.00 Å². The maximum atomic E-state index is 11.4. The van der Waals surface area contributed by atoms with Crippen molar-refractivity contribution < 1.29 is 9.53 Å². The van der Waals surface area contributed by atoms with E-state index < -0.39 is 11.0 Å². The molecular formula is C11H10ClNO2. The summed E-state index contributed by atoms with van der Waals surface area (Å²) in [5.74, 6) is -0.495. The van der Waals surface area contributed by atoms with Gasteiger partial charge in [-0.05, 0) is 6.92 Å². The first-order valence-corrected chi connectivity index (χ1v) is 5.08. The third-order valence-electron chi connectivity index (χ3n) is 2.12. The average molecular weight is 224 g/mol. The van der Waals surface area contributed by atoms with Gasteiger partial charge in [0.05, 0.1) is 12.3 Å². The summed E-state index contributed by atoms with van der Waals surface area (Å²) in [7, 11) is 0. The van der Waals surface area contributed by atoms with E-state index in [1.807, 2.05) is 30.3 Å². The Bertz CT molecular complexity index is 416. The topological polar surface area (TPSA) is 38.7 Å². The molecule has 0 bridgehead atoms. The van der Waals surface area contributed by atoms with Gasteiger partial charge in [-0.15, -0.1) is 0 Å². The second kappa shape index (κ2) is 3.66. The van der Waals surface area contributed by atoms with Crippen LogP contribution in [0.1, 0.15) is 12.5 Å². The largest absolute Gasteiger partial charge is 0.463 e. The van der Waals surface area contributed by atoms with Crippen molar-refractivity contribution in [1.29, 1.82) is 0 Å². The zero-order valence-electron chi connectivity index (χ0n) is 8.24. The van der Waals surface area contributed by atoms with E-state index in [0.29, 0.717) is 12.3 Å². The lowest BCUT2D eigenvalue weighted by molar-refractivity contribution is -0.143. The molecule has 0 spiro atoms. The average Bonchev–Trinajstić information content (AvgIpc) is 2.94. The summed E-state index contributed by atoms with van der Waals surface area (Å²) in [6.07, 6.45) is 0. The number of nitrogens with zero attached hydrogens (tertiary/aromatic N) is 1. The summed E-state index contributed by atoms with van der Waals surface area (Å²) in [6.45, 7) is 2.05. The van der Waals surface area contributed by atoms with Gasteiger partial charge in [-0.1, -0.05) is 41.9 Å². The maximum Gasteiger partial charge on any atom is 0.356 e. The van der Waals surface area contributed by atoms with Gasteiger partial charge in [-0.25, -0.2) is 9.79 Å². The molecule has 0 amide bonds. The molecule has 0 saturated heterocycles. The third-order valence-corrected chi connectivity index (χ3v) is 2.54. The highest BCUT2D eigenvalue weighted by molar-refractivity contribution is 6.55. The number of rotatable bonds is 3. The van der Waals surface area contributed by atoms with Crippen molar-refractivity contribution in [1.82, 2.24) is 0 Å². The molecule has 15 heavy (non-hydrogen) atoms. The monoisotopic (exact) mass is 223 g/mol. The second-order valence-electron chi connectivity index (χ2n) is 3.17. The van der Waals surface area contributed by atoms with E-state index in [1.54, 1.807) is 6.92 Å². The predicted octanol–water partition coefficient (Wildman–Crippen LogP) is 1.99. The molecule has 0 fully saturated rings. The third kappa shape index (κ3) is 1.75. The van der Waals surface area contributed by atoms with Crippen molar-refractivity contribution in [2.45, 2.75) is 11.9 Å². The summed E-state index contributed by atoms with van der Waals surface area (Å²) in [4.78, 5) is 14.2. The lowest BCUT2D eigenvalue weighted by atomic mass is 10.1. The zero-order valence-corrected chi connectivity index (χ0v) is 8.99. The fourth-order valence-corrected chi connectivity index (χ4v) is 1.60. The molecule has 1 aromatic rings. The molecule has 1 heterocycles. The zero-order chi connectivity index (χ0) is 10.9. The van der Waals surface area contributed by atoms with Crippen LogP contribution in [0.5, 0.6) is 0 Å². The minimum absolute atomic E-state index is 0.310. The van der Waals surface area contributed by atoms with Crippen LogP contribution in [0.2, 0.25) is 0 Å². The second-order valence-corrected chi connectivity index (χ2v) is 3.72. The van der Waals surface area contributed by atoms with Gasteiger partial charge < -0.3 is 4.74 Å². The number of halogens is 1. The smallest absolute Gasteiger partial charge is 0.356 e. The Morgan fingerprint density at radius 1 is 1.47 bits per heavy atom. The van der Waals surface area contributed by atoms with Crippen molar-refractivity contribution in [2.75, 3.05) is 6.61 Å². The van der Waals surface area contributed by atoms with Crippen LogP contribution in [0.4, 0.5) is 0 Å². The van der Waals surface area contributed by atoms with Gasteiger partial charge >= 0.3 is 5.97 Å². The molecule has 1 aromatic carbocycles. The number of carbonyl (C=O) groups excluding carboxylic acids is 1. The Morgan fingerprint density at radius 3 is 2.73 bits per heavy atom. The highest BCUT2D eigenvalue weighted by Gasteiger charge is 2.54. The lowest BCUT2D eigenvalue weighted by Crippen LogP contribution is -2.26. The molecule has 1 aliphatic rings. The molecule has 0 aliphatic carbocycles. The quantitative estimate of drug-likeness (QED) is 0.447. The van der Waals surface area contributed by atoms with E-state index in [-0.39, 0.29) is 0 Å². The minimum atomic E-state index is -1.27. The van der Waals surface area contributed by atoms with Crippen LogP contribution in [-0.2, 0) is 9.53 Å². The van der Waals surface area contributed by atoms with Crippen molar-refractivity contribution in [2.24, 2.45) is 4.99 Å². The number of esters is 1. The van der Waals surface area contributed by atoms with Crippen molar-refractivity contribution in [3.8, 4) is 0 Å². The van der Waals surface area contributed by atoms with Crippen LogP contribution in [0.3, 0.4) is 0 Å². The van der Waals surface area contributed by atoms with Gasteiger partial charge in [-0.3, -0.25) is 0 Å². The Labute approximate surface area is 92.7 Å². The van der Waals surface area contributed by atoms with Gasteiger partial charge in [0.2, 0.25) is 0 Å². The van der Waals surface area contributed by atoms with Crippen LogP contribution >= 0.6 is 11.6 Å². The number of ether oxygens (including phenoxy) is 1. The Morgan fingerprint density at radius 2 is 2.13 bits per heavy atom.